The van der Waals surface area contributed by atoms with Crippen LogP contribution in [-0.2, 0) is 16.0 Å². The van der Waals surface area contributed by atoms with E-state index in [1.54, 1.807) is 23.1 Å². The maximum absolute atomic E-state index is 13.3. The first-order chi connectivity index (χ1) is 18.8. The van der Waals surface area contributed by atoms with Crippen molar-refractivity contribution in [2.24, 2.45) is 0 Å². The van der Waals surface area contributed by atoms with E-state index in [0.717, 1.165) is 24.8 Å². The molecule has 39 heavy (non-hydrogen) atoms. The smallest absolute Gasteiger partial charge is 0.255 e. The third kappa shape index (κ3) is 8.70. The number of rotatable bonds is 4. The number of benzene rings is 2. The first kappa shape index (κ1) is 28.9. The molecule has 0 unspecified atom stereocenters. The lowest BCUT2D eigenvalue weighted by Crippen LogP contribution is -2.48. The number of ether oxygens (including phenoxy) is 1. The normalized spacial score (nSPS) is 20.9. The number of aliphatic hydroxyl groups is 1. The van der Waals surface area contributed by atoms with Gasteiger partial charge in [-0.1, -0.05) is 61.2 Å². The molecule has 8 nitrogen and oxygen atoms in total. The molecule has 2 aliphatic rings. The van der Waals surface area contributed by atoms with Gasteiger partial charge in [0.2, 0.25) is 11.8 Å². The van der Waals surface area contributed by atoms with Crippen molar-refractivity contribution in [3.63, 3.8) is 0 Å². The van der Waals surface area contributed by atoms with Crippen LogP contribution in [0.3, 0.4) is 0 Å². The summed E-state index contributed by atoms with van der Waals surface area (Å²) < 4.78 is 6.06. The highest BCUT2D eigenvalue weighted by Crippen LogP contribution is 2.31. The second-order valence-corrected chi connectivity index (χ2v) is 11.1. The molecule has 1 atom stereocenters. The number of hydrogen-bond acceptors (Lipinski definition) is 5. The average molecular weight is 556 g/mol. The van der Waals surface area contributed by atoms with Crippen LogP contribution in [0.15, 0.2) is 48.5 Å². The zero-order chi connectivity index (χ0) is 27.7. The SMILES string of the molecule is O=C1CN(C(=O)CC2(O)CCCCC2)CCCCNC(=O)c2cc(Cl)ccc2OC[C@@H](Cc2ccccc2)N1. The van der Waals surface area contributed by atoms with E-state index >= 15 is 0 Å². The fraction of sp³-hybridized carbons (Fsp3) is 0.500. The molecule has 4 rings (SSSR count). The summed E-state index contributed by atoms with van der Waals surface area (Å²) in [6, 6.07) is 14.2. The minimum atomic E-state index is -1.01. The highest BCUT2D eigenvalue weighted by Gasteiger charge is 2.34. The first-order valence-electron chi connectivity index (χ1n) is 13.9. The lowest BCUT2D eigenvalue weighted by molar-refractivity contribution is -0.141. The van der Waals surface area contributed by atoms with Crippen LogP contribution in [0.4, 0.5) is 0 Å². The van der Waals surface area contributed by atoms with Gasteiger partial charge in [-0.2, -0.15) is 0 Å². The summed E-state index contributed by atoms with van der Waals surface area (Å²) in [5, 5.41) is 17.3. The van der Waals surface area contributed by atoms with Crippen LogP contribution in [0.25, 0.3) is 0 Å². The molecule has 0 saturated heterocycles. The van der Waals surface area contributed by atoms with Gasteiger partial charge in [0.1, 0.15) is 12.4 Å². The number of carbonyl (C=O) groups excluding carboxylic acids is 3. The highest BCUT2D eigenvalue weighted by molar-refractivity contribution is 6.31. The summed E-state index contributed by atoms with van der Waals surface area (Å²) >= 11 is 6.17. The van der Waals surface area contributed by atoms with Crippen molar-refractivity contribution in [1.29, 1.82) is 0 Å². The van der Waals surface area contributed by atoms with E-state index in [-0.39, 0.29) is 37.3 Å². The van der Waals surface area contributed by atoms with Gasteiger partial charge in [0, 0.05) is 18.1 Å². The van der Waals surface area contributed by atoms with Gasteiger partial charge in [-0.05, 0) is 55.9 Å². The molecule has 0 spiro atoms. The summed E-state index contributed by atoms with van der Waals surface area (Å²) in [5.41, 5.74) is 0.346. The molecule has 2 aromatic carbocycles. The highest BCUT2D eigenvalue weighted by atomic mass is 35.5. The Morgan fingerprint density at radius 3 is 2.59 bits per heavy atom. The van der Waals surface area contributed by atoms with Gasteiger partial charge in [-0.3, -0.25) is 14.4 Å². The molecular formula is C30H38ClN3O5. The lowest BCUT2D eigenvalue weighted by atomic mass is 9.82. The first-order valence-corrected chi connectivity index (χ1v) is 14.2. The summed E-state index contributed by atoms with van der Waals surface area (Å²) in [7, 11) is 0. The Morgan fingerprint density at radius 2 is 1.82 bits per heavy atom. The Bertz CT molecular complexity index is 1140. The number of carbonyl (C=O) groups is 3. The molecule has 210 valence electrons. The van der Waals surface area contributed by atoms with Crippen LogP contribution in [0.2, 0.25) is 5.02 Å². The summed E-state index contributed by atoms with van der Waals surface area (Å²) in [4.78, 5) is 41.0. The molecule has 3 amide bonds. The largest absolute Gasteiger partial charge is 0.491 e. The second-order valence-electron chi connectivity index (χ2n) is 10.6. The van der Waals surface area contributed by atoms with Crippen molar-refractivity contribution in [3.05, 3.63) is 64.7 Å². The number of hydrogen-bond donors (Lipinski definition) is 3. The number of fused-ring (bicyclic) bond motifs is 1. The van der Waals surface area contributed by atoms with Gasteiger partial charge < -0.3 is 25.4 Å². The third-order valence-corrected chi connectivity index (χ3v) is 7.64. The van der Waals surface area contributed by atoms with Crippen molar-refractivity contribution < 1.29 is 24.2 Å². The maximum atomic E-state index is 13.3. The molecule has 0 bridgehead atoms. The number of amides is 3. The molecule has 1 aliphatic heterocycles. The van der Waals surface area contributed by atoms with Gasteiger partial charge in [0.15, 0.2) is 0 Å². The average Bonchev–Trinajstić information content (AvgIpc) is 2.91. The van der Waals surface area contributed by atoms with Crippen LogP contribution in [0.5, 0.6) is 5.75 Å². The molecule has 9 heteroatoms. The van der Waals surface area contributed by atoms with E-state index in [9.17, 15) is 19.5 Å². The predicted octanol–water partition coefficient (Wildman–Crippen LogP) is 3.88. The van der Waals surface area contributed by atoms with Gasteiger partial charge >= 0.3 is 0 Å². The van der Waals surface area contributed by atoms with E-state index in [1.165, 1.54) is 0 Å². The van der Waals surface area contributed by atoms with Gasteiger partial charge in [-0.15, -0.1) is 0 Å². The molecule has 3 N–H and O–H groups in total. The Labute approximate surface area is 235 Å². The fourth-order valence-corrected chi connectivity index (χ4v) is 5.46. The number of nitrogens with one attached hydrogen (secondary N) is 2. The second kappa shape index (κ2) is 13.8. The predicted molar refractivity (Wildman–Crippen MR) is 150 cm³/mol. The van der Waals surface area contributed by atoms with E-state index in [2.05, 4.69) is 10.6 Å². The lowest BCUT2D eigenvalue weighted by Gasteiger charge is -2.34. The van der Waals surface area contributed by atoms with E-state index < -0.39 is 11.6 Å². The van der Waals surface area contributed by atoms with Crippen LogP contribution in [0.1, 0.15) is 67.3 Å². The standard InChI is InChI=1S/C30H38ClN3O5/c31-23-11-12-26-25(18-23)29(37)32-15-7-8-16-34(28(36)19-30(38)13-5-2-6-14-30)20-27(35)33-24(21-39-26)17-22-9-3-1-4-10-22/h1,3-4,9-12,18,24,38H,2,5-8,13-17,19-21H2,(H,32,37)(H,33,35)/t24-/m1/s1. The molecule has 1 saturated carbocycles. The Morgan fingerprint density at radius 1 is 1.05 bits per heavy atom. The Balaban J connectivity index is 1.53. The van der Waals surface area contributed by atoms with Crippen molar-refractivity contribution in [2.75, 3.05) is 26.2 Å². The van der Waals surface area contributed by atoms with Crippen molar-refractivity contribution >= 4 is 29.3 Å². The molecule has 1 fully saturated rings. The van der Waals surface area contributed by atoms with E-state index in [0.29, 0.717) is 61.5 Å². The molecule has 0 aromatic heterocycles. The maximum Gasteiger partial charge on any atom is 0.255 e. The minimum Gasteiger partial charge on any atom is -0.491 e. The van der Waals surface area contributed by atoms with E-state index in [1.807, 2.05) is 30.3 Å². The fourth-order valence-electron chi connectivity index (χ4n) is 5.29. The van der Waals surface area contributed by atoms with Crippen LogP contribution < -0.4 is 15.4 Å². The van der Waals surface area contributed by atoms with Crippen LogP contribution >= 0.6 is 11.6 Å². The molecule has 2 aromatic rings. The zero-order valence-corrected chi connectivity index (χ0v) is 23.0. The van der Waals surface area contributed by atoms with Crippen LogP contribution in [-0.4, -0.2) is 65.6 Å². The molecule has 0 radical (unpaired) electrons. The van der Waals surface area contributed by atoms with Gasteiger partial charge in [0.25, 0.3) is 5.91 Å². The Hall–Kier alpha value is -3.10. The monoisotopic (exact) mass is 555 g/mol. The summed E-state index contributed by atoms with van der Waals surface area (Å²) in [5.74, 6) is -0.417. The van der Waals surface area contributed by atoms with E-state index in [4.69, 9.17) is 16.3 Å². The number of nitrogens with zero attached hydrogens (tertiary/aromatic N) is 1. The zero-order valence-electron chi connectivity index (χ0n) is 22.3. The Kier molecular flexibility index (Phi) is 10.2. The topological polar surface area (TPSA) is 108 Å². The molecule has 1 heterocycles. The van der Waals surface area contributed by atoms with Gasteiger partial charge in [0.05, 0.1) is 30.2 Å². The molecular weight excluding hydrogens is 518 g/mol. The summed E-state index contributed by atoms with van der Waals surface area (Å²) in [6.45, 7) is 0.787. The summed E-state index contributed by atoms with van der Waals surface area (Å²) in [6.07, 6.45) is 5.82. The minimum absolute atomic E-state index is 0.0175. The van der Waals surface area contributed by atoms with Crippen molar-refractivity contribution in [1.82, 2.24) is 15.5 Å². The third-order valence-electron chi connectivity index (χ3n) is 7.41. The van der Waals surface area contributed by atoms with Crippen molar-refractivity contribution in [2.45, 2.75) is 69.4 Å². The van der Waals surface area contributed by atoms with Gasteiger partial charge in [-0.25, -0.2) is 0 Å². The quantitative estimate of drug-likeness (QED) is 0.530. The van der Waals surface area contributed by atoms with Crippen LogP contribution in [0, 0.1) is 0 Å². The van der Waals surface area contributed by atoms with Crippen molar-refractivity contribution in [3.8, 4) is 5.75 Å². The number of halogens is 1. The molecule has 1 aliphatic carbocycles.